The lowest BCUT2D eigenvalue weighted by molar-refractivity contribution is 0.457. The number of hydrogen-bond acceptors (Lipinski definition) is 4. The molecule has 106 valence electrons. The molecule has 0 atom stereocenters. The lowest BCUT2D eigenvalue weighted by atomic mass is 10.0. The van der Waals surface area contributed by atoms with Gasteiger partial charge in [0.15, 0.2) is 0 Å². The minimum Gasteiger partial charge on any atom is -0.365 e. The normalized spacial score (nSPS) is 20.1. The summed E-state index contributed by atoms with van der Waals surface area (Å²) in [6.45, 7) is 12.2. The van der Waals surface area contributed by atoms with Crippen LogP contribution in [0.5, 0.6) is 0 Å². The fraction of sp³-hybridized carbons (Fsp3) is 0.714. The van der Waals surface area contributed by atoms with Gasteiger partial charge < -0.3 is 10.6 Å². The molecule has 1 saturated carbocycles. The monoisotopic (exact) mass is 326 g/mol. The topological polar surface area (TPSA) is 49.8 Å². The van der Waals surface area contributed by atoms with Crippen LogP contribution >= 0.6 is 15.9 Å². The maximum absolute atomic E-state index is 4.54. The van der Waals surface area contributed by atoms with Crippen LogP contribution in [0.25, 0.3) is 0 Å². The Morgan fingerprint density at radius 1 is 1.26 bits per heavy atom. The van der Waals surface area contributed by atoms with E-state index in [0.717, 1.165) is 23.3 Å². The molecule has 1 heterocycles. The van der Waals surface area contributed by atoms with Gasteiger partial charge in [-0.25, -0.2) is 4.98 Å². The fourth-order valence-electron chi connectivity index (χ4n) is 2.48. The summed E-state index contributed by atoms with van der Waals surface area (Å²) in [7, 11) is 0. The van der Waals surface area contributed by atoms with Crippen molar-refractivity contribution in [1.29, 1.82) is 0 Å². The van der Waals surface area contributed by atoms with Gasteiger partial charge in [0.25, 0.3) is 0 Å². The molecule has 4 nitrogen and oxygen atoms in total. The van der Waals surface area contributed by atoms with Crippen molar-refractivity contribution in [2.24, 2.45) is 10.8 Å². The highest BCUT2D eigenvalue weighted by Gasteiger charge is 2.65. The van der Waals surface area contributed by atoms with Crippen LogP contribution in [0.4, 0.5) is 11.8 Å². The van der Waals surface area contributed by atoms with Crippen molar-refractivity contribution in [1.82, 2.24) is 9.97 Å². The smallest absolute Gasteiger partial charge is 0.224 e. The van der Waals surface area contributed by atoms with Gasteiger partial charge in [0, 0.05) is 18.8 Å². The highest BCUT2D eigenvalue weighted by Crippen LogP contribution is 2.63. The van der Waals surface area contributed by atoms with E-state index in [0.29, 0.717) is 12.0 Å². The van der Waals surface area contributed by atoms with Crippen LogP contribution in [0, 0.1) is 10.8 Å². The quantitative estimate of drug-likeness (QED) is 0.861. The van der Waals surface area contributed by atoms with Gasteiger partial charge in [-0.15, -0.1) is 0 Å². The third-order valence-electron chi connectivity index (χ3n) is 4.58. The van der Waals surface area contributed by atoms with Crippen molar-refractivity contribution in [3.63, 3.8) is 0 Å². The first-order valence-corrected chi connectivity index (χ1v) is 7.63. The van der Waals surface area contributed by atoms with Gasteiger partial charge in [0.1, 0.15) is 5.82 Å². The molecular weight excluding hydrogens is 304 g/mol. The first-order valence-electron chi connectivity index (χ1n) is 6.83. The SMILES string of the molecule is CCCNc1ncc(Br)c(NC2C(C)(C)C2(C)C)n1. The van der Waals surface area contributed by atoms with Gasteiger partial charge in [-0.1, -0.05) is 34.6 Å². The number of rotatable bonds is 5. The van der Waals surface area contributed by atoms with E-state index in [1.54, 1.807) is 6.20 Å². The average Bonchev–Trinajstić information content (AvgIpc) is 2.72. The molecule has 0 radical (unpaired) electrons. The Morgan fingerprint density at radius 3 is 2.42 bits per heavy atom. The zero-order valence-corrected chi connectivity index (χ0v) is 13.9. The Balaban J connectivity index is 2.12. The lowest BCUT2D eigenvalue weighted by Crippen LogP contribution is -2.13. The van der Waals surface area contributed by atoms with Crippen molar-refractivity contribution in [2.45, 2.75) is 47.1 Å². The van der Waals surface area contributed by atoms with Crippen LogP contribution in [-0.2, 0) is 0 Å². The zero-order chi connectivity index (χ0) is 14.3. The van der Waals surface area contributed by atoms with Crippen LogP contribution in [0.1, 0.15) is 41.0 Å². The molecule has 19 heavy (non-hydrogen) atoms. The molecule has 0 amide bonds. The molecule has 0 saturated heterocycles. The highest BCUT2D eigenvalue weighted by atomic mass is 79.9. The third kappa shape index (κ3) is 2.57. The van der Waals surface area contributed by atoms with Crippen LogP contribution in [-0.4, -0.2) is 22.6 Å². The van der Waals surface area contributed by atoms with Crippen LogP contribution < -0.4 is 10.6 Å². The molecule has 0 aromatic carbocycles. The van der Waals surface area contributed by atoms with Crippen molar-refractivity contribution < 1.29 is 0 Å². The molecule has 1 aliphatic carbocycles. The van der Waals surface area contributed by atoms with Crippen LogP contribution in [0.15, 0.2) is 10.7 Å². The molecule has 1 aromatic heterocycles. The molecule has 2 N–H and O–H groups in total. The second kappa shape index (κ2) is 4.93. The number of halogens is 1. The van der Waals surface area contributed by atoms with E-state index in [1.165, 1.54) is 0 Å². The van der Waals surface area contributed by atoms with Crippen molar-refractivity contribution in [3.05, 3.63) is 10.7 Å². The Bertz CT molecular complexity index is 457. The minimum absolute atomic E-state index is 0.286. The summed E-state index contributed by atoms with van der Waals surface area (Å²) in [6, 6.07) is 0.435. The predicted octanol–water partition coefficient (Wildman–Crippen LogP) is 3.91. The molecule has 1 aromatic rings. The third-order valence-corrected chi connectivity index (χ3v) is 5.16. The van der Waals surface area contributed by atoms with E-state index in [9.17, 15) is 0 Å². The first kappa shape index (κ1) is 14.6. The second-order valence-corrected chi connectivity index (χ2v) is 7.19. The van der Waals surface area contributed by atoms with Crippen molar-refractivity contribution in [3.8, 4) is 0 Å². The molecule has 0 bridgehead atoms. The van der Waals surface area contributed by atoms with Gasteiger partial charge in [-0.3, -0.25) is 0 Å². The minimum atomic E-state index is 0.286. The number of nitrogens with zero attached hydrogens (tertiary/aromatic N) is 2. The molecule has 2 rings (SSSR count). The van der Waals surface area contributed by atoms with Gasteiger partial charge in [-0.05, 0) is 33.2 Å². The van der Waals surface area contributed by atoms with Gasteiger partial charge in [0.2, 0.25) is 5.95 Å². The molecule has 5 heteroatoms. The van der Waals surface area contributed by atoms with Gasteiger partial charge >= 0.3 is 0 Å². The molecular formula is C14H23BrN4. The molecule has 0 aliphatic heterocycles. The molecule has 0 unspecified atom stereocenters. The summed E-state index contributed by atoms with van der Waals surface area (Å²) in [5.41, 5.74) is 0.572. The Hall–Kier alpha value is -0.840. The van der Waals surface area contributed by atoms with Crippen molar-refractivity contribution in [2.75, 3.05) is 17.2 Å². The second-order valence-electron chi connectivity index (χ2n) is 6.34. The number of nitrogens with one attached hydrogen (secondary N) is 2. The standard InChI is InChI=1S/C14H23BrN4/c1-6-7-16-12-17-8-9(15)10(19-12)18-11-13(2,3)14(11,4)5/h8,11H,6-7H2,1-5H3,(H2,16,17,18,19). The average molecular weight is 327 g/mol. The number of aromatic nitrogens is 2. The Labute approximate surface area is 123 Å². The highest BCUT2D eigenvalue weighted by molar-refractivity contribution is 9.10. The van der Waals surface area contributed by atoms with Crippen molar-refractivity contribution >= 4 is 27.7 Å². The maximum atomic E-state index is 4.54. The van der Waals surface area contributed by atoms with E-state index < -0.39 is 0 Å². The maximum Gasteiger partial charge on any atom is 0.224 e. The van der Waals surface area contributed by atoms with Gasteiger partial charge in [0.05, 0.1) is 4.47 Å². The summed E-state index contributed by atoms with van der Waals surface area (Å²) in [6.07, 6.45) is 2.86. The zero-order valence-electron chi connectivity index (χ0n) is 12.3. The Morgan fingerprint density at radius 2 is 1.89 bits per heavy atom. The van der Waals surface area contributed by atoms with E-state index in [2.05, 4.69) is 71.2 Å². The van der Waals surface area contributed by atoms with E-state index in [1.807, 2.05) is 0 Å². The Kier molecular flexibility index (Phi) is 3.78. The fourth-order valence-corrected chi connectivity index (χ4v) is 2.79. The number of anilines is 2. The van der Waals surface area contributed by atoms with Crippen LogP contribution in [0.2, 0.25) is 0 Å². The summed E-state index contributed by atoms with van der Waals surface area (Å²) in [5, 5.41) is 6.76. The first-order chi connectivity index (χ1) is 8.80. The lowest BCUT2D eigenvalue weighted by Gasteiger charge is -2.11. The largest absolute Gasteiger partial charge is 0.365 e. The molecule has 1 fully saturated rings. The summed E-state index contributed by atoms with van der Waals surface area (Å²) in [5.74, 6) is 1.56. The summed E-state index contributed by atoms with van der Waals surface area (Å²) >= 11 is 3.51. The summed E-state index contributed by atoms with van der Waals surface area (Å²) in [4.78, 5) is 8.81. The van der Waals surface area contributed by atoms with E-state index in [4.69, 9.17) is 0 Å². The van der Waals surface area contributed by atoms with E-state index >= 15 is 0 Å². The number of hydrogen-bond donors (Lipinski definition) is 2. The molecule has 0 spiro atoms. The molecule has 1 aliphatic rings. The van der Waals surface area contributed by atoms with Gasteiger partial charge in [-0.2, -0.15) is 4.98 Å². The predicted molar refractivity (Wildman–Crippen MR) is 83.5 cm³/mol. The van der Waals surface area contributed by atoms with E-state index in [-0.39, 0.29) is 10.8 Å². The summed E-state index contributed by atoms with van der Waals surface area (Å²) < 4.78 is 0.910. The van der Waals surface area contributed by atoms with Crippen LogP contribution in [0.3, 0.4) is 0 Å².